The van der Waals surface area contributed by atoms with Crippen LogP contribution in [0, 0.1) is 5.92 Å². The molecule has 2 rings (SSSR count). The highest BCUT2D eigenvalue weighted by Crippen LogP contribution is 2.16. The van der Waals surface area contributed by atoms with Crippen LogP contribution in [0.3, 0.4) is 0 Å². The first-order chi connectivity index (χ1) is 8.72. The molecule has 1 aromatic rings. The van der Waals surface area contributed by atoms with Crippen molar-refractivity contribution in [3.05, 3.63) is 35.4 Å². The molecule has 1 aromatic carbocycles. The minimum Gasteiger partial charge on any atom is -0.342 e. The fourth-order valence-electron chi connectivity index (χ4n) is 2.43. The Morgan fingerprint density at radius 1 is 1.32 bits per heavy atom. The minimum atomic E-state index is 0. The van der Waals surface area contributed by atoms with Gasteiger partial charge < -0.3 is 10.6 Å². The second kappa shape index (κ2) is 7.51. The number of hydrogen-bond acceptors (Lipinski definition) is 2. The molecule has 1 unspecified atom stereocenters. The molecule has 1 aliphatic heterocycles. The molecule has 1 atom stereocenters. The molecule has 1 saturated heterocycles. The van der Waals surface area contributed by atoms with E-state index in [0.29, 0.717) is 18.9 Å². The van der Waals surface area contributed by atoms with E-state index in [1.807, 2.05) is 4.90 Å². The van der Waals surface area contributed by atoms with Crippen molar-refractivity contribution in [1.29, 1.82) is 0 Å². The molecule has 0 radical (unpaired) electrons. The number of carbonyl (C=O) groups excluding carboxylic acids is 1. The summed E-state index contributed by atoms with van der Waals surface area (Å²) in [6, 6.07) is 8.34. The van der Waals surface area contributed by atoms with Crippen molar-refractivity contribution in [2.75, 3.05) is 19.6 Å². The number of amides is 1. The fourth-order valence-corrected chi connectivity index (χ4v) is 2.43. The summed E-state index contributed by atoms with van der Waals surface area (Å²) in [5.41, 5.74) is 8.06. The summed E-state index contributed by atoms with van der Waals surface area (Å²) < 4.78 is 0. The SMILES string of the molecule is CCc1ccc(CC(=O)N2CCC(CN)C2)cc1.Cl. The summed E-state index contributed by atoms with van der Waals surface area (Å²) in [5, 5.41) is 0. The molecule has 1 amide bonds. The van der Waals surface area contributed by atoms with Crippen molar-refractivity contribution in [2.24, 2.45) is 11.7 Å². The first-order valence-corrected chi connectivity index (χ1v) is 6.78. The van der Waals surface area contributed by atoms with Crippen molar-refractivity contribution < 1.29 is 4.79 Å². The molecule has 2 N–H and O–H groups in total. The van der Waals surface area contributed by atoms with Crippen LogP contribution in [-0.4, -0.2) is 30.4 Å². The first-order valence-electron chi connectivity index (χ1n) is 6.78. The summed E-state index contributed by atoms with van der Waals surface area (Å²) in [6.45, 7) is 4.53. The lowest BCUT2D eigenvalue weighted by atomic mass is 10.1. The predicted molar refractivity (Wildman–Crippen MR) is 80.5 cm³/mol. The van der Waals surface area contributed by atoms with Gasteiger partial charge in [-0.1, -0.05) is 31.2 Å². The molecule has 19 heavy (non-hydrogen) atoms. The van der Waals surface area contributed by atoms with E-state index in [4.69, 9.17) is 5.73 Å². The van der Waals surface area contributed by atoms with Gasteiger partial charge >= 0.3 is 0 Å². The monoisotopic (exact) mass is 282 g/mol. The van der Waals surface area contributed by atoms with Crippen LogP contribution in [0.5, 0.6) is 0 Å². The number of likely N-dealkylation sites (tertiary alicyclic amines) is 1. The van der Waals surface area contributed by atoms with E-state index >= 15 is 0 Å². The molecular weight excluding hydrogens is 260 g/mol. The van der Waals surface area contributed by atoms with Crippen molar-refractivity contribution in [3.8, 4) is 0 Å². The highest BCUT2D eigenvalue weighted by Gasteiger charge is 2.24. The first kappa shape index (κ1) is 16.0. The molecule has 4 heteroatoms. The van der Waals surface area contributed by atoms with Crippen LogP contribution >= 0.6 is 12.4 Å². The predicted octanol–water partition coefficient (Wildman–Crippen LogP) is 2.02. The molecule has 1 aliphatic rings. The van der Waals surface area contributed by atoms with Gasteiger partial charge in [0.05, 0.1) is 6.42 Å². The van der Waals surface area contributed by atoms with Crippen LogP contribution in [-0.2, 0) is 17.6 Å². The summed E-state index contributed by atoms with van der Waals surface area (Å²) in [5.74, 6) is 0.728. The van der Waals surface area contributed by atoms with Gasteiger partial charge in [-0.15, -0.1) is 12.4 Å². The average Bonchev–Trinajstić information content (AvgIpc) is 2.88. The van der Waals surface area contributed by atoms with Gasteiger partial charge in [-0.2, -0.15) is 0 Å². The largest absolute Gasteiger partial charge is 0.342 e. The van der Waals surface area contributed by atoms with Gasteiger partial charge in [-0.25, -0.2) is 0 Å². The number of halogens is 1. The number of aryl methyl sites for hydroxylation is 1. The molecule has 106 valence electrons. The number of benzene rings is 1. The van der Waals surface area contributed by atoms with Gasteiger partial charge in [-0.05, 0) is 36.4 Å². The van der Waals surface area contributed by atoms with E-state index in [9.17, 15) is 4.79 Å². The Morgan fingerprint density at radius 3 is 2.47 bits per heavy atom. The van der Waals surface area contributed by atoms with Crippen molar-refractivity contribution >= 4 is 18.3 Å². The smallest absolute Gasteiger partial charge is 0.226 e. The van der Waals surface area contributed by atoms with E-state index in [0.717, 1.165) is 31.5 Å². The lowest BCUT2D eigenvalue weighted by Gasteiger charge is -2.16. The molecular formula is C15H23ClN2O. The maximum atomic E-state index is 12.1. The number of nitrogens with two attached hydrogens (primary N) is 1. The van der Waals surface area contributed by atoms with Crippen LogP contribution in [0.1, 0.15) is 24.5 Å². The zero-order valence-electron chi connectivity index (χ0n) is 11.5. The standard InChI is InChI=1S/C15H22N2O.ClH/c1-2-12-3-5-13(6-4-12)9-15(18)17-8-7-14(10-16)11-17;/h3-6,14H,2,7-11,16H2,1H3;1H. The Morgan fingerprint density at radius 2 is 1.95 bits per heavy atom. The van der Waals surface area contributed by atoms with E-state index in [2.05, 4.69) is 31.2 Å². The van der Waals surface area contributed by atoms with E-state index < -0.39 is 0 Å². The Balaban J connectivity index is 0.00000180. The lowest BCUT2D eigenvalue weighted by Crippen LogP contribution is -2.31. The highest BCUT2D eigenvalue weighted by atomic mass is 35.5. The minimum absolute atomic E-state index is 0. The van der Waals surface area contributed by atoms with Crippen LogP contribution in [0.25, 0.3) is 0 Å². The maximum Gasteiger partial charge on any atom is 0.226 e. The number of hydrogen-bond donors (Lipinski definition) is 1. The zero-order valence-corrected chi connectivity index (χ0v) is 12.3. The number of nitrogens with zero attached hydrogens (tertiary/aromatic N) is 1. The third-order valence-electron chi connectivity index (χ3n) is 3.76. The van der Waals surface area contributed by atoms with Crippen molar-refractivity contribution in [1.82, 2.24) is 4.90 Å². The fraction of sp³-hybridized carbons (Fsp3) is 0.533. The van der Waals surface area contributed by atoms with Gasteiger partial charge in [0.2, 0.25) is 5.91 Å². The summed E-state index contributed by atoms with van der Waals surface area (Å²) >= 11 is 0. The summed E-state index contributed by atoms with van der Waals surface area (Å²) in [6.07, 6.45) is 2.61. The van der Waals surface area contributed by atoms with Crippen LogP contribution < -0.4 is 5.73 Å². The average molecular weight is 283 g/mol. The van der Waals surface area contributed by atoms with Crippen molar-refractivity contribution in [2.45, 2.75) is 26.2 Å². The van der Waals surface area contributed by atoms with Crippen LogP contribution in [0.2, 0.25) is 0 Å². The Bertz CT molecular complexity index is 405. The molecule has 0 spiro atoms. The lowest BCUT2D eigenvalue weighted by molar-refractivity contribution is -0.129. The van der Waals surface area contributed by atoms with Crippen molar-refractivity contribution in [3.63, 3.8) is 0 Å². The molecule has 1 fully saturated rings. The number of carbonyl (C=O) groups is 1. The Kier molecular flexibility index (Phi) is 6.32. The normalized spacial score (nSPS) is 18.2. The van der Waals surface area contributed by atoms with E-state index in [1.165, 1.54) is 5.56 Å². The van der Waals surface area contributed by atoms with Gasteiger partial charge in [0.1, 0.15) is 0 Å². The second-order valence-electron chi connectivity index (χ2n) is 5.08. The topological polar surface area (TPSA) is 46.3 Å². The zero-order chi connectivity index (χ0) is 13.0. The quantitative estimate of drug-likeness (QED) is 0.918. The Hall–Kier alpha value is -1.06. The molecule has 0 aliphatic carbocycles. The van der Waals surface area contributed by atoms with Gasteiger partial charge in [0.25, 0.3) is 0 Å². The molecule has 0 saturated carbocycles. The third kappa shape index (κ3) is 4.22. The van der Waals surface area contributed by atoms with Gasteiger partial charge in [0, 0.05) is 13.1 Å². The molecule has 1 heterocycles. The van der Waals surface area contributed by atoms with Gasteiger partial charge in [-0.3, -0.25) is 4.79 Å². The van der Waals surface area contributed by atoms with Gasteiger partial charge in [0.15, 0.2) is 0 Å². The van der Waals surface area contributed by atoms with Crippen LogP contribution in [0.15, 0.2) is 24.3 Å². The Labute approximate surface area is 121 Å². The summed E-state index contributed by atoms with van der Waals surface area (Å²) in [4.78, 5) is 14.1. The second-order valence-corrected chi connectivity index (χ2v) is 5.08. The maximum absolute atomic E-state index is 12.1. The molecule has 0 aromatic heterocycles. The van der Waals surface area contributed by atoms with E-state index in [-0.39, 0.29) is 18.3 Å². The van der Waals surface area contributed by atoms with Crippen LogP contribution in [0.4, 0.5) is 0 Å². The summed E-state index contributed by atoms with van der Waals surface area (Å²) in [7, 11) is 0. The van der Waals surface area contributed by atoms with E-state index in [1.54, 1.807) is 0 Å². The highest BCUT2D eigenvalue weighted by molar-refractivity contribution is 5.85. The number of rotatable bonds is 4. The third-order valence-corrected chi connectivity index (χ3v) is 3.76. The molecule has 0 bridgehead atoms. The molecule has 3 nitrogen and oxygen atoms in total.